The second kappa shape index (κ2) is 3.63. The van der Waals surface area contributed by atoms with E-state index in [0.717, 1.165) is 4.90 Å². The number of thiophene rings is 1. The van der Waals surface area contributed by atoms with Crippen LogP contribution in [0.5, 0.6) is 0 Å². The minimum absolute atomic E-state index is 0.0384. The summed E-state index contributed by atoms with van der Waals surface area (Å²) in [5.74, 6) is -0.979. The van der Waals surface area contributed by atoms with Crippen LogP contribution in [0.1, 0.15) is 0 Å². The lowest BCUT2D eigenvalue weighted by molar-refractivity contribution is -0.301. The molecule has 0 aliphatic carbocycles. The molecular weight excluding hydrogens is 168 g/mol. The standard InChI is InChI=1S/C6H6O2S2/c7-6(8)4-10-5-1-2-9-3-5/h1-3H,4H2,(H,7,8)/p-1. The Morgan fingerprint density at radius 3 is 3.10 bits per heavy atom. The van der Waals surface area contributed by atoms with Gasteiger partial charge in [-0.3, -0.25) is 0 Å². The number of rotatable bonds is 3. The lowest BCUT2D eigenvalue weighted by atomic mass is 10.7. The molecule has 0 N–H and O–H groups in total. The van der Waals surface area contributed by atoms with Gasteiger partial charge in [-0.25, -0.2) is 0 Å². The van der Waals surface area contributed by atoms with Crippen LogP contribution in [-0.4, -0.2) is 11.7 Å². The Bertz CT molecular complexity index is 206. The molecule has 0 aliphatic heterocycles. The van der Waals surface area contributed by atoms with E-state index in [4.69, 9.17) is 0 Å². The number of hydrogen-bond donors (Lipinski definition) is 0. The molecule has 10 heavy (non-hydrogen) atoms. The van der Waals surface area contributed by atoms with Gasteiger partial charge in [-0.1, -0.05) is 0 Å². The van der Waals surface area contributed by atoms with Crippen molar-refractivity contribution in [3.8, 4) is 0 Å². The first-order valence-corrected chi connectivity index (χ1v) is 4.57. The van der Waals surface area contributed by atoms with Crippen molar-refractivity contribution in [2.75, 3.05) is 5.75 Å². The first-order valence-electron chi connectivity index (χ1n) is 2.64. The fourth-order valence-electron chi connectivity index (χ4n) is 0.476. The highest BCUT2D eigenvalue weighted by Gasteiger charge is 1.92. The summed E-state index contributed by atoms with van der Waals surface area (Å²) >= 11 is 2.84. The predicted octanol–water partition coefficient (Wildman–Crippen LogP) is 0.590. The molecule has 1 heterocycles. The van der Waals surface area contributed by atoms with E-state index in [2.05, 4.69) is 0 Å². The van der Waals surface area contributed by atoms with E-state index in [0.29, 0.717) is 0 Å². The molecule has 0 saturated heterocycles. The Labute approximate surface area is 66.9 Å². The van der Waals surface area contributed by atoms with Gasteiger partial charge in [0.15, 0.2) is 0 Å². The summed E-state index contributed by atoms with van der Waals surface area (Å²) in [7, 11) is 0. The largest absolute Gasteiger partial charge is 0.549 e. The third-order valence-corrected chi connectivity index (χ3v) is 2.65. The third-order valence-electron chi connectivity index (χ3n) is 0.852. The zero-order chi connectivity index (χ0) is 7.40. The Morgan fingerprint density at radius 1 is 1.80 bits per heavy atom. The average Bonchev–Trinajstić information content (AvgIpc) is 2.34. The summed E-state index contributed by atoms with van der Waals surface area (Å²) in [6.07, 6.45) is 0. The molecule has 0 amide bonds. The van der Waals surface area contributed by atoms with Crippen molar-refractivity contribution in [3.63, 3.8) is 0 Å². The molecule has 1 aromatic heterocycles. The van der Waals surface area contributed by atoms with E-state index in [9.17, 15) is 9.90 Å². The molecule has 54 valence electrons. The summed E-state index contributed by atoms with van der Waals surface area (Å²) < 4.78 is 0. The summed E-state index contributed by atoms with van der Waals surface area (Å²) in [5, 5.41) is 13.8. The normalized spacial score (nSPS) is 9.60. The van der Waals surface area contributed by atoms with Crippen molar-refractivity contribution < 1.29 is 9.90 Å². The number of aliphatic carboxylic acids is 1. The second-order valence-corrected chi connectivity index (χ2v) is 3.45. The number of carboxylic acid groups (broad SMARTS) is 1. The maximum absolute atomic E-state index is 9.97. The number of carbonyl (C=O) groups excluding carboxylic acids is 1. The minimum Gasteiger partial charge on any atom is -0.549 e. The van der Waals surface area contributed by atoms with Crippen LogP contribution < -0.4 is 5.11 Å². The zero-order valence-electron chi connectivity index (χ0n) is 5.07. The van der Waals surface area contributed by atoms with Crippen molar-refractivity contribution in [2.24, 2.45) is 0 Å². The van der Waals surface area contributed by atoms with Crippen LogP contribution >= 0.6 is 23.1 Å². The maximum Gasteiger partial charge on any atom is 0.0517 e. The van der Waals surface area contributed by atoms with Gasteiger partial charge in [-0.2, -0.15) is 11.3 Å². The zero-order valence-corrected chi connectivity index (χ0v) is 6.71. The number of thioether (sulfide) groups is 1. The van der Waals surface area contributed by atoms with Crippen molar-refractivity contribution in [1.82, 2.24) is 0 Å². The molecule has 0 unspecified atom stereocenters. The van der Waals surface area contributed by atoms with Crippen LogP contribution in [-0.2, 0) is 4.79 Å². The molecule has 0 spiro atoms. The molecule has 0 aliphatic rings. The van der Waals surface area contributed by atoms with Crippen LogP contribution in [0.25, 0.3) is 0 Å². The quantitative estimate of drug-likeness (QED) is 0.628. The molecule has 0 bridgehead atoms. The number of carboxylic acids is 1. The van der Waals surface area contributed by atoms with E-state index in [-0.39, 0.29) is 5.75 Å². The van der Waals surface area contributed by atoms with Crippen molar-refractivity contribution in [3.05, 3.63) is 16.8 Å². The maximum atomic E-state index is 9.97. The Hall–Kier alpha value is -0.480. The molecule has 0 aromatic carbocycles. The lowest BCUT2D eigenvalue weighted by Gasteiger charge is -1.97. The van der Waals surface area contributed by atoms with E-state index in [1.807, 2.05) is 16.8 Å². The smallest absolute Gasteiger partial charge is 0.0517 e. The highest BCUT2D eigenvalue weighted by Crippen LogP contribution is 2.19. The SMILES string of the molecule is O=C([O-])CSc1ccsc1. The van der Waals surface area contributed by atoms with Crippen molar-refractivity contribution in [1.29, 1.82) is 0 Å². The fraction of sp³-hybridized carbons (Fsp3) is 0.167. The third kappa shape index (κ3) is 2.41. The highest BCUT2D eigenvalue weighted by atomic mass is 32.2. The monoisotopic (exact) mass is 173 g/mol. The molecule has 0 atom stereocenters. The molecule has 2 nitrogen and oxygen atoms in total. The first-order chi connectivity index (χ1) is 4.79. The molecular formula is C6H5O2S2-. The molecule has 0 radical (unpaired) electrons. The summed E-state index contributed by atoms with van der Waals surface area (Å²) in [4.78, 5) is 11.0. The average molecular weight is 173 g/mol. The Balaban J connectivity index is 2.35. The van der Waals surface area contributed by atoms with E-state index < -0.39 is 5.97 Å². The Kier molecular flexibility index (Phi) is 2.77. The number of carbonyl (C=O) groups is 1. The molecule has 0 fully saturated rings. The van der Waals surface area contributed by atoms with Gasteiger partial charge < -0.3 is 9.90 Å². The van der Waals surface area contributed by atoms with E-state index >= 15 is 0 Å². The van der Waals surface area contributed by atoms with Crippen molar-refractivity contribution in [2.45, 2.75) is 4.90 Å². The van der Waals surface area contributed by atoms with Gasteiger partial charge in [-0.15, -0.1) is 11.8 Å². The molecule has 1 aromatic rings. The van der Waals surface area contributed by atoms with Crippen molar-refractivity contribution >= 4 is 29.1 Å². The van der Waals surface area contributed by atoms with E-state index in [1.165, 1.54) is 11.8 Å². The van der Waals surface area contributed by atoms with E-state index in [1.54, 1.807) is 11.3 Å². The van der Waals surface area contributed by atoms with Crippen LogP contribution in [0.4, 0.5) is 0 Å². The van der Waals surface area contributed by atoms with Gasteiger partial charge in [0, 0.05) is 16.0 Å². The summed E-state index contributed by atoms with van der Waals surface area (Å²) in [5.41, 5.74) is 0. The van der Waals surface area contributed by atoms with Gasteiger partial charge in [0.25, 0.3) is 0 Å². The number of hydrogen-bond acceptors (Lipinski definition) is 4. The second-order valence-electron chi connectivity index (χ2n) is 1.62. The summed E-state index contributed by atoms with van der Waals surface area (Å²) in [6, 6.07) is 1.89. The van der Waals surface area contributed by atoms with Gasteiger partial charge in [-0.05, 0) is 11.4 Å². The van der Waals surface area contributed by atoms with Gasteiger partial charge in [0.05, 0.1) is 5.97 Å². The molecule has 1 rings (SSSR count). The van der Waals surface area contributed by atoms with Crippen LogP contribution in [0.2, 0.25) is 0 Å². The first kappa shape index (κ1) is 7.63. The predicted molar refractivity (Wildman–Crippen MR) is 40.1 cm³/mol. The Morgan fingerprint density at radius 2 is 2.60 bits per heavy atom. The summed E-state index contributed by atoms with van der Waals surface area (Å²) in [6.45, 7) is 0. The minimum atomic E-state index is -1.02. The van der Waals surface area contributed by atoms with Gasteiger partial charge in [0.2, 0.25) is 0 Å². The van der Waals surface area contributed by atoms with Gasteiger partial charge in [0.1, 0.15) is 0 Å². The molecule has 4 heteroatoms. The van der Waals surface area contributed by atoms with Crippen LogP contribution in [0.15, 0.2) is 21.7 Å². The van der Waals surface area contributed by atoms with Gasteiger partial charge >= 0.3 is 0 Å². The highest BCUT2D eigenvalue weighted by molar-refractivity contribution is 8.00. The van der Waals surface area contributed by atoms with Crippen LogP contribution in [0.3, 0.4) is 0 Å². The fourth-order valence-corrected chi connectivity index (χ4v) is 1.97. The lowest BCUT2D eigenvalue weighted by Crippen LogP contribution is -2.24. The topological polar surface area (TPSA) is 40.1 Å². The van der Waals surface area contributed by atoms with Crippen LogP contribution in [0, 0.1) is 0 Å². The molecule has 0 saturated carbocycles.